The van der Waals surface area contributed by atoms with E-state index in [-0.39, 0.29) is 11.4 Å². The zero-order valence-electron chi connectivity index (χ0n) is 10.7. The summed E-state index contributed by atoms with van der Waals surface area (Å²) in [4.78, 5) is 0.117. The lowest BCUT2D eigenvalue weighted by molar-refractivity contribution is 0.514. The van der Waals surface area contributed by atoms with E-state index in [1.807, 2.05) is 18.2 Å². The topological polar surface area (TPSA) is 87.2 Å². The molecular weight excluding hydrogens is 274 g/mol. The first kappa shape index (κ1) is 14.1. The number of sulfonamides is 1. The molecule has 2 aromatic carbocycles. The monoisotopic (exact) mass is 289 g/mol. The predicted molar refractivity (Wildman–Crippen MR) is 77.5 cm³/mol. The highest BCUT2D eigenvalue weighted by Gasteiger charge is 2.25. The van der Waals surface area contributed by atoms with Crippen molar-refractivity contribution in [2.45, 2.75) is 11.4 Å². The minimum Gasteiger partial charge on any atom is -0.369 e. The number of nitrogens with one attached hydrogen (secondary N) is 1. The number of benzene rings is 2. The summed E-state index contributed by atoms with van der Waals surface area (Å²) in [7, 11) is -3.81. The van der Waals surface area contributed by atoms with E-state index in [1.54, 1.807) is 30.3 Å². The van der Waals surface area contributed by atoms with Crippen LogP contribution in [0.4, 0.5) is 0 Å². The van der Waals surface area contributed by atoms with Crippen LogP contribution in [-0.2, 0) is 16.6 Å². The second kappa shape index (κ2) is 5.75. The van der Waals surface area contributed by atoms with Crippen molar-refractivity contribution in [1.29, 1.82) is 5.41 Å². The number of nitrogens with two attached hydrogens (primary N) is 1. The molecule has 0 fully saturated rings. The van der Waals surface area contributed by atoms with Gasteiger partial charge < -0.3 is 5.73 Å². The second-order valence-electron chi connectivity index (χ2n) is 4.20. The summed E-state index contributed by atoms with van der Waals surface area (Å²) in [5, 5.41) is 7.53. The summed E-state index contributed by atoms with van der Waals surface area (Å²) in [6.07, 6.45) is 0. The van der Waals surface area contributed by atoms with E-state index in [4.69, 9.17) is 11.1 Å². The van der Waals surface area contributed by atoms with Crippen molar-refractivity contribution in [3.63, 3.8) is 0 Å². The number of hydrogen-bond donors (Lipinski definition) is 2. The maximum atomic E-state index is 12.5. The fraction of sp³-hybridized carbons (Fsp3) is 0.0714. The molecule has 20 heavy (non-hydrogen) atoms. The fourth-order valence-electron chi connectivity index (χ4n) is 1.77. The molecule has 0 radical (unpaired) electrons. The normalized spacial score (nSPS) is 11.0. The van der Waals surface area contributed by atoms with Crippen molar-refractivity contribution in [1.82, 2.24) is 4.31 Å². The first-order valence-electron chi connectivity index (χ1n) is 5.97. The van der Waals surface area contributed by atoms with Crippen molar-refractivity contribution >= 4 is 16.0 Å². The van der Waals surface area contributed by atoms with Gasteiger partial charge in [-0.2, -0.15) is 0 Å². The molecule has 2 rings (SSSR count). The highest BCUT2D eigenvalue weighted by Crippen LogP contribution is 2.17. The van der Waals surface area contributed by atoms with Crippen LogP contribution in [-0.4, -0.2) is 18.7 Å². The molecule has 2 aromatic rings. The van der Waals surface area contributed by atoms with E-state index in [9.17, 15) is 8.42 Å². The largest absolute Gasteiger partial charge is 0.369 e. The van der Waals surface area contributed by atoms with Crippen molar-refractivity contribution in [3.8, 4) is 0 Å². The second-order valence-corrected chi connectivity index (χ2v) is 6.06. The molecule has 0 amide bonds. The number of hydrogen-bond acceptors (Lipinski definition) is 3. The van der Waals surface area contributed by atoms with Crippen molar-refractivity contribution in [2.75, 3.05) is 0 Å². The minimum absolute atomic E-state index is 0.0351. The summed E-state index contributed by atoms with van der Waals surface area (Å²) in [5.41, 5.74) is 6.20. The van der Waals surface area contributed by atoms with Gasteiger partial charge in [-0.3, -0.25) is 5.41 Å². The van der Waals surface area contributed by atoms with E-state index in [0.717, 1.165) is 9.87 Å². The highest BCUT2D eigenvalue weighted by molar-refractivity contribution is 7.89. The lowest BCUT2D eigenvalue weighted by atomic mass is 10.2. The molecule has 0 aromatic heterocycles. The average Bonchev–Trinajstić information content (AvgIpc) is 2.46. The van der Waals surface area contributed by atoms with E-state index < -0.39 is 16.0 Å². The average molecular weight is 289 g/mol. The lowest BCUT2D eigenvalue weighted by Crippen LogP contribution is -2.40. The molecule has 0 atom stereocenters. The molecule has 6 heteroatoms. The van der Waals surface area contributed by atoms with Gasteiger partial charge in [0.15, 0.2) is 0 Å². The Labute approximate surface area is 118 Å². The van der Waals surface area contributed by atoms with Crippen LogP contribution < -0.4 is 5.73 Å². The van der Waals surface area contributed by atoms with Crippen LogP contribution >= 0.6 is 0 Å². The summed E-state index contributed by atoms with van der Waals surface area (Å²) >= 11 is 0. The van der Waals surface area contributed by atoms with Gasteiger partial charge >= 0.3 is 0 Å². The Hall–Kier alpha value is -2.34. The van der Waals surface area contributed by atoms with Crippen LogP contribution in [0.15, 0.2) is 65.6 Å². The summed E-state index contributed by atoms with van der Waals surface area (Å²) in [5.74, 6) is -0.502. The maximum Gasteiger partial charge on any atom is 0.266 e. The maximum absolute atomic E-state index is 12.5. The predicted octanol–water partition coefficient (Wildman–Crippen LogP) is 1.77. The summed E-state index contributed by atoms with van der Waals surface area (Å²) in [6.45, 7) is 0.0351. The fourth-order valence-corrected chi connectivity index (χ4v) is 3.10. The molecule has 0 aliphatic rings. The molecule has 0 heterocycles. The summed E-state index contributed by atoms with van der Waals surface area (Å²) in [6, 6.07) is 17.0. The zero-order chi connectivity index (χ0) is 14.6. The van der Waals surface area contributed by atoms with Crippen LogP contribution in [0.1, 0.15) is 5.56 Å². The Balaban J connectivity index is 2.37. The number of guanidine groups is 1. The van der Waals surface area contributed by atoms with Gasteiger partial charge in [-0.25, -0.2) is 12.7 Å². The Bertz CT molecular complexity index is 685. The molecule has 3 N–H and O–H groups in total. The van der Waals surface area contributed by atoms with E-state index in [2.05, 4.69) is 0 Å². The minimum atomic E-state index is -3.81. The molecule has 0 aliphatic carbocycles. The van der Waals surface area contributed by atoms with Gasteiger partial charge in [0.2, 0.25) is 5.96 Å². The quantitative estimate of drug-likeness (QED) is 0.664. The van der Waals surface area contributed by atoms with Gasteiger partial charge in [0.05, 0.1) is 11.4 Å². The van der Waals surface area contributed by atoms with Crippen molar-refractivity contribution in [2.24, 2.45) is 5.73 Å². The van der Waals surface area contributed by atoms with Crippen LogP contribution in [0.3, 0.4) is 0 Å². The van der Waals surface area contributed by atoms with Crippen molar-refractivity contribution < 1.29 is 8.42 Å². The van der Waals surface area contributed by atoms with Gasteiger partial charge in [-0.1, -0.05) is 48.5 Å². The van der Waals surface area contributed by atoms with E-state index in [0.29, 0.717) is 0 Å². The van der Waals surface area contributed by atoms with Crippen LogP contribution in [0.5, 0.6) is 0 Å². The zero-order valence-corrected chi connectivity index (χ0v) is 11.5. The molecule has 0 saturated carbocycles. The third-order valence-electron chi connectivity index (χ3n) is 2.77. The molecular formula is C14H15N3O2S. The van der Waals surface area contributed by atoms with Crippen LogP contribution in [0.25, 0.3) is 0 Å². The van der Waals surface area contributed by atoms with Gasteiger partial charge in [-0.05, 0) is 17.7 Å². The number of rotatable bonds is 4. The van der Waals surface area contributed by atoms with Crippen LogP contribution in [0.2, 0.25) is 0 Å². The summed E-state index contributed by atoms with van der Waals surface area (Å²) < 4.78 is 25.9. The Morgan fingerprint density at radius 2 is 1.50 bits per heavy atom. The Kier molecular flexibility index (Phi) is 4.05. The standard InChI is InChI=1S/C14H15N3O2S/c15-14(16)17(11-12-7-3-1-4-8-12)20(18,19)13-9-5-2-6-10-13/h1-10H,11H2,(H3,15,16). The van der Waals surface area contributed by atoms with E-state index in [1.165, 1.54) is 12.1 Å². The first-order valence-corrected chi connectivity index (χ1v) is 7.41. The van der Waals surface area contributed by atoms with Crippen LogP contribution in [0, 0.1) is 5.41 Å². The molecule has 0 bridgehead atoms. The first-order chi connectivity index (χ1) is 9.51. The van der Waals surface area contributed by atoms with Gasteiger partial charge in [0.25, 0.3) is 10.0 Å². The molecule has 0 unspecified atom stereocenters. The molecule has 0 aliphatic heterocycles. The van der Waals surface area contributed by atoms with Gasteiger partial charge in [-0.15, -0.1) is 0 Å². The molecule has 104 valence electrons. The van der Waals surface area contributed by atoms with E-state index >= 15 is 0 Å². The highest BCUT2D eigenvalue weighted by atomic mass is 32.2. The molecule has 5 nitrogen and oxygen atoms in total. The smallest absolute Gasteiger partial charge is 0.266 e. The third kappa shape index (κ3) is 2.97. The molecule has 0 spiro atoms. The molecule has 0 saturated heterocycles. The Morgan fingerprint density at radius 1 is 1.00 bits per heavy atom. The SMILES string of the molecule is N=C(N)N(Cc1ccccc1)S(=O)(=O)c1ccccc1. The van der Waals surface area contributed by atoms with Gasteiger partial charge in [0, 0.05) is 0 Å². The van der Waals surface area contributed by atoms with Gasteiger partial charge in [0.1, 0.15) is 0 Å². The van der Waals surface area contributed by atoms with Crippen molar-refractivity contribution in [3.05, 3.63) is 66.2 Å². The third-order valence-corrected chi connectivity index (χ3v) is 4.54. The lowest BCUT2D eigenvalue weighted by Gasteiger charge is -2.22. The number of nitrogens with zero attached hydrogens (tertiary/aromatic N) is 1. The Morgan fingerprint density at radius 3 is 2.00 bits per heavy atom.